The van der Waals surface area contributed by atoms with Crippen LogP contribution in [0.25, 0.3) is 10.9 Å². The molecule has 0 aliphatic carbocycles. The molecule has 2 N–H and O–H groups in total. The second-order valence-corrected chi connectivity index (χ2v) is 10.1. The minimum Gasteiger partial charge on any atom is -0.379 e. The number of aromatic nitrogens is 1. The number of hydrogen-bond acceptors (Lipinski definition) is 5. The number of nitrogens with zero attached hydrogens (tertiary/aromatic N) is 1. The van der Waals surface area contributed by atoms with Crippen LogP contribution < -0.4 is 10.9 Å². The Labute approximate surface area is 183 Å². The van der Waals surface area contributed by atoms with E-state index in [1.165, 1.54) is 22.5 Å². The minimum absolute atomic E-state index is 0.0687. The van der Waals surface area contributed by atoms with E-state index < -0.39 is 21.5 Å². The normalized spacial score (nSPS) is 17.9. The van der Waals surface area contributed by atoms with Gasteiger partial charge in [-0.1, -0.05) is 6.42 Å². The zero-order valence-corrected chi connectivity index (χ0v) is 19.1. The summed E-state index contributed by atoms with van der Waals surface area (Å²) >= 11 is 0. The van der Waals surface area contributed by atoms with E-state index in [-0.39, 0.29) is 22.6 Å². The maximum atomic E-state index is 13.2. The Bertz CT molecular complexity index is 1090. The van der Waals surface area contributed by atoms with Crippen LogP contribution in [-0.4, -0.2) is 55.5 Å². The standard InChI is InChI=1S/C22H31N3O5S/c1-15(2)30-12-6-10-23-22(27)19-14-21(26)24-20-9-8-17(13-18(19)20)31(28,29)25-11-5-4-7-16(25)3/h8-9,13-16H,4-7,10-12H2,1-3H3,(H,23,27)(H,24,26). The van der Waals surface area contributed by atoms with E-state index in [2.05, 4.69) is 10.3 Å². The Balaban J connectivity index is 1.88. The Morgan fingerprint density at radius 3 is 2.77 bits per heavy atom. The predicted molar refractivity (Wildman–Crippen MR) is 120 cm³/mol. The molecule has 2 aromatic rings. The van der Waals surface area contributed by atoms with Gasteiger partial charge in [-0.15, -0.1) is 0 Å². The van der Waals surface area contributed by atoms with Crippen LogP contribution in [0.5, 0.6) is 0 Å². The highest BCUT2D eigenvalue weighted by Gasteiger charge is 2.31. The highest BCUT2D eigenvalue weighted by molar-refractivity contribution is 7.89. The molecule has 0 bridgehead atoms. The largest absolute Gasteiger partial charge is 0.379 e. The second kappa shape index (κ2) is 9.93. The molecule has 1 atom stereocenters. The van der Waals surface area contributed by atoms with Crippen molar-refractivity contribution in [2.45, 2.75) is 63.5 Å². The molecule has 0 saturated carbocycles. The van der Waals surface area contributed by atoms with E-state index in [1.807, 2.05) is 20.8 Å². The van der Waals surface area contributed by atoms with Crippen molar-refractivity contribution in [1.29, 1.82) is 0 Å². The lowest BCUT2D eigenvalue weighted by molar-refractivity contribution is 0.0757. The molecule has 1 fully saturated rings. The summed E-state index contributed by atoms with van der Waals surface area (Å²) in [7, 11) is -3.69. The molecular weight excluding hydrogens is 418 g/mol. The van der Waals surface area contributed by atoms with E-state index in [4.69, 9.17) is 4.74 Å². The lowest BCUT2D eigenvalue weighted by atomic mass is 10.1. The number of sulfonamides is 1. The Morgan fingerprint density at radius 1 is 1.29 bits per heavy atom. The van der Waals surface area contributed by atoms with Gasteiger partial charge in [-0.05, 0) is 58.2 Å². The van der Waals surface area contributed by atoms with Crippen LogP contribution in [0.2, 0.25) is 0 Å². The van der Waals surface area contributed by atoms with Crippen molar-refractivity contribution >= 4 is 26.8 Å². The van der Waals surface area contributed by atoms with Gasteiger partial charge in [0.2, 0.25) is 15.6 Å². The smallest absolute Gasteiger partial charge is 0.252 e. The van der Waals surface area contributed by atoms with E-state index in [0.29, 0.717) is 37.0 Å². The maximum Gasteiger partial charge on any atom is 0.252 e. The molecule has 1 aromatic carbocycles. The zero-order valence-electron chi connectivity index (χ0n) is 18.3. The highest BCUT2D eigenvalue weighted by Crippen LogP contribution is 2.27. The molecule has 0 radical (unpaired) electrons. The summed E-state index contributed by atoms with van der Waals surface area (Å²) in [6, 6.07) is 5.66. The number of piperidine rings is 1. The number of hydrogen-bond donors (Lipinski definition) is 2. The first-order chi connectivity index (χ1) is 14.7. The molecule has 0 spiro atoms. The van der Waals surface area contributed by atoms with Crippen LogP contribution in [-0.2, 0) is 14.8 Å². The van der Waals surface area contributed by atoms with E-state index in [0.717, 1.165) is 19.3 Å². The average molecular weight is 450 g/mol. The minimum atomic E-state index is -3.69. The average Bonchev–Trinajstić information content (AvgIpc) is 2.72. The monoisotopic (exact) mass is 449 g/mol. The summed E-state index contributed by atoms with van der Waals surface area (Å²) in [6.07, 6.45) is 3.43. The third kappa shape index (κ3) is 5.53. The first kappa shape index (κ1) is 23.4. The van der Waals surface area contributed by atoms with Crippen molar-refractivity contribution in [1.82, 2.24) is 14.6 Å². The van der Waals surface area contributed by atoms with Gasteiger partial charge in [0.1, 0.15) is 0 Å². The molecule has 9 heteroatoms. The Morgan fingerprint density at radius 2 is 2.06 bits per heavy atom. The first-order valence-corrected chi connectivity index (χ1v) is 12.2. The summed E-state index contributed by atoms with van der Waals surface area (Å²) in [5, 5.41) is 3.19. The number of benzene rings is 1. The Hall–Kier alpha value is -2.23. The Kier molecular flexibility index (Phi) is 7.51. The molecule has 1 aliphatic heterocycles. The molecule has 1 aromatic heterocycles. The highest BCUT2D eigenvalue weighted by atomic mass is 32.2. The number of carbonyl (C=O) groups excluding carboxylic acids is 1. The number of fused-ring (bicyclic) bond motifs is 1. The number of amides is 1. The van der Waals surface area contributed by atoms with Crippen LogP contribution in [0.3, 0.4) is 0 Å². The van der Waals surface area contributed by atoms with Crippen molar-refractivity contribution in [3.8, 4) is 0 Å². The van der Waals surface area contributed by atoms with Gasteiger partial charge < -0.3 is 15.0 Å². The number of ether oxygens (including phenoxy) is 1. The number of aromatic amines is 1. The van der Waals surface area contributed by atoms with Crippen LogP contribution in [0, 0.1) is 0 Å². The number of H-pyrrole nitrogens is 1. The fourth-order valence-electron chi connectivity index (χ4n) is 3.83. The fourth-order valence-corrected chi connectivity index (χ4v) is 5.56. The SMILES string of the molecule is CC(C)OCCCNC(=O)c1cc(=O)[nH]c2ccc(S(=O)(=O)N3CCCCC3C)cc12. The third-order valence-corrected chi connectivity index (χ3v) is 7.48. The number of nitrogens with one attached hydrogen (secondary N) is 2. The number of rotatable bonds is 8. The van der Waals surface area contributed by atoms with Crippen molar-refractivity contribution in [2.24, 2.45) is 0 Å². The fraction of sp³-hybridized carbons (Fsp3) is 0.545. The van der Waals surface area contributed by atoms with E-state index in [9.17, 15) is 18.0 Å². The molecule has 31 heavy (non-hydrogen) atoms. The maximum absolute atomic E-state index is 13.2. The summed E-state index contributed by atoms with van der Waals surface area (Å²) in [6.45, 7) is 7.19. The molecular formula is C22H31N3O5S. The van der Waals surface area contributed by atoms with Crippen LogP contribution >= 0.6 is 0 Å². The zero-order chi connectivity index (χ0) is 22.6. The first-order valence-electron chi connectivity index (χ1n) is 10.8. The summed E-state index contributed by atoms with van der Waals surface area (Å²) in [4.78, 5) is 27.6. The van der Waals surface area contributed by atoms with E-state index in [1.54, 1.807) is 6.07 Å². The van der Waals surface area contributed by atoms with Gasteiger partial charge in [0.15, 0.2) is 0 Å². The van der Waals surface area contributed by atoms with Gasteiger partial charge in [0.25, 0.3) is 5.91 Å². The molecule has 3 rings (SSSR count). The lowest BCUT2D eigenvalue weighted by Gasteiger charge is -2.32. The van der Waals surface area contributed by atoms with Crippen molar-refractivity contribution in [2.75, 3.05) is 19.7 Å². The molecule has 8 nitrogen and oxygen atoms in total. The van der Waals surface area contributed by atoms with Gasteiger partial charge in [-0.3, -0.25) is 9.59 Å². The number of carbonyl (C=O) groups is 1. The second-order valence-electron chi connectivity index (χ2n) is 8.24. The van der Waals surface area contributed by atoms with Gasteiger partial charge in [-0.25, -0.2) is 8.42 Å². The molecule has 1 aliphatic rings. The molecule has 1 amide bonds. The van der Waals surface area contributed by atoms with Gasteiger partial charge in [0, 0.05) is 42.7 Å². The van der Waals surface area contributed by atoms with Crippen molar-refractivity contribution in [3.05, 3.63) is 40.2 Å². The van der Waals surface area contributed by atoms with Gasteiger partial charge in [-0.2, -0.15) is 4.31 Å². The quantitative estimate of drug-likeness (QED) is 0.602. The predicted octanol–water partition coefficient (Wildman–Crippen LogP) is 2.64. The summed E-state index contributed by atoms with van der Waals surface area (Å²) in [5.41, 5.74) is 0.166. The number of pyridine rings is 1. The molecule has 2 heterocycles. The molecule has 1 saturated heterocycles. The van der Waals surface area contributed by atoms with Gasteiger partial charge in [0.05, 0.1) is 16.6 Å². The van der Waals surface area contributed by atoms with Crippen LogP contribution in [0.4, 0.5) is 0 Å². The molecule has 170 valence electrons. The van der Waals surface area contributed by atoms with Crippen LogP contribution in [0.1, 0.15) is 56.8 Å². The molecule has 1 unspecified atom stereocenters. The third-order valence-electron chi connectivity index (χ3n) is 5.47. The van der Waals surface area contributed by atoms with Gasteiger partial charge >= 0.3 is 0 Å². The van der Waals surface area contributed by atoms with Crippen LogP contribution in [0.15, 0.2) is 34.0 Å². The topological polar surface area (TPSA) is 109 Å². The van der Waals surface area contributed by atoms with E-state index >= 15 is 0 Å². The summed E-state index contributed by atoms with van der Waals surface area (Å²) in [5.74, 6) is -0.415. The lowest BCUT2D eigenvalue weighted by Crippen LogP contribution is -2.41. The summed E-state index contributed by atoms with van der Waals surface area (Å²) < 4.78 is 33.4. The van der Waals surface area contributed by atoms with Crippen molar-refractivity contribution in [3.63, 3.8) is 0 Å². The van der Waals surface area contributed by atoms with Crippen molar-refractivity contribution < 1.29 is 17.9 Å².